The van der Waals surface area contributed by atoms with Crippen molar-refractivity contribution in [3.05, 3.63) is 65.7 Å². The first kappa shape index (κ1) is 25.3. The zero-order chi connectivity index (χ0) is 25.9. The Balaban J connectivity index is 1.48. The van der Waals surface area contributed by atoms with E-state index in [1.807, 2.05) is 64.4 Å². The van der Waals surface area contributed by atoms with E-state index in [9.17, 15) is 19.5 Å². The number of para-hydroxylation sites is 1. The largest absolute Gasteiger partial charge is 0.481 e. The second-order valence-electron chi connectivity index (χ2n) is 10.5. The van der Waals surface area contributed by atoms with Gasteiger partial charge in [0.25, 0.3) is 0 Å². The van der Waals surface area contributed by atoms with Gasteiger partial charge in [0, 0.05) is 24.4 Å². The van der Waals surface area contributed by atoms with Gasteiger partial charge in [-0.3, -0.25) is 14.5 Å². The van der Waals surface area contributed by atoms with Crippen molar-refractivity contribution in [2.24, 2.45) is 5.92 Å². The van der Waals surface area contributed by atoms with Crippen molar-refractivity contribution in [2.45, 2.75) is 88.9 Å². The molecule has 0 radical (unpaired) electrons. The second-order valence-corrected chi connectivity index (χ2v) is 10.5. The number of fused-ring (bicyclic) bond motifs is 2. The molecule has 0 saturated heterocycles. The molecule has 7 heteroatoms. The first-order chi connectivity index (χ1) is 18.0. The number of anilines is 1. The van der Waals surface area contributed by atoms with Crippen LogP contribution in [0.4, 0.5) is 10.5 Å². The number of carboxylic acid groups (broad SMARTS) is 1. The molecule has 1 aliphatic heterocycles. The molecule has 3 unspecified atom stereocenters. The Morgan fingerprint density at radius 2 is 1.73 bits per heavy atom. The first-order valence-corrected chi connectivity index (χ1v) is 13.7. The molecular weight excluding hydrogens is 468 g/mol. The molecule has 1 heterocycles. The Hall–Kier alpha value is -3.35. The Labute approximate surface area is 218 Å². The number of carbonyl (C=O) groups is 3. The number of hydrogen-bond donors (Lipinski definition) is 1. The summed E-state index contributed by atoms with van der Waals surface area (Å²) in [6, 6.07) is 17.7. The summed E-state index contributed by atoms with van der Waals surface area (Å²) in [6.45, 7) is 2.09. The first-order valence-electron chi connectivity index (χ1n) is 13.7. The van der Waals surface area contributed by atoms with Crippen molar-refractivity contribution in [3.8, 4) is 0 Å². The maximum absolute atomic E-state index is 13.9. The van der Waals surface area contributed by atoms with Gasteiger partial charge in [-0.1, -0.05) is 68.3 Å². The van der Waals surface area contributed by atoms with Crippen LogP contribution in [0.2, 0.25) is 0 Å². The molecule has 2 aliphatic carbocycles. The van der Waals surface area contributed by atoms with Gasteiger partial charge in [0.15, 0.2) is 0 Å². The van der Waals surface area contributed by atoms with Crippen molar-refractivity contribution in [2.75, 3.05) is 4.90 Å². The number of amides is 2. The normalized spacial score (nSPS) is 23.1. The fraction of sp³-hybridized carbons (Fsp3) is 0.500. The maximum Gasteiger partial charge on any atom is 0.415 e. The smallest absolute Gasteiger partial charge is 0.415 e. The average Bonchev–Trinajstić information content (AvgIpc) is 3.62. The summed E-state index contributed by atoms with van der Waals surface area (Å²) in [7, 11) is 0. The van der Waals surface area contributed by atoms with Crippen molar-refractivity contribution in [3.63, 3.8) is 0 Å². The number of benzene rings is 2. The molecule has 2 saturated carbocycles. The van der Waals surface area contributed by atoms with Gasteiger partial charge in [-0.15, -0.1) is 0 Å². The summed E-state index contributed by atoms with van der Waals surface area (Å²) in [4.78, 5) is 42.2. The Bertz CT molecular complexity index is 1130. The van der Waals surface area contributed by atoms with Gasteiger partial charge in [0.2, 0.25) is 5.91 Å². The van der Waals surface area contributed by atoms with Crippen LogP contribution in [0.15, 0.2) is 54.6 Å². The molecule has 5 rings (SSSR count). The van der Waals surface area contributed by atoms with E-state index in [-0.39, 0.29) is 55.0 Å². The summed E-state index contributed by atoms with van der Waals surface area (Å²) in [5.41, 5.74) is 2.76. The summed E-state index contributed by atoms with van der Waals surface area (Å²) < 4.78 is 6.19. The van der Waals surface area contributed by atoms with E-state index >= 15 is 0 Å². The molecule has 0 spiro atoms. The van der Waals surface area contributed by atoms with Crippen LogP contribution in [0, 0.1) is 5.92 Å². The number of rotatable bonds is 9. The van der Waals surface area contributed by atoms with Crippen LogP contribution >= 0.6 is 0 Å². The van der Waals surface area contributed by atoms with E-state index in [0.717, 1.165) is 61.8 Å². The lowest BCUT2D eigenvalue weighted by molar-refractivity contribution is -0.142. The lowest BCUT2D eigenvalue weighted by Gasteiger charge is -2.47. The molecule has 2 aromatic carbocycles. The van der Waals surface area contributed by atoms with Gasteiger partial charge in [-0.25, -0.2) is 4.79 Å². The summed E-state index contributed by atoms with van der Waals surface area (Å²) in [5.74, 6) is -0.961. The number of hydrogen-bond acceptors (Lipinski definition) is 4. The number of ether oxygens (including phenoxy) is 1. The maximum atomic E-state index is 13.9. The SMILES string of the molecule is CCC[C@@H](OC(=O)N1c2ccccc2C(N(C(=O)CCC(=O)O)C2CC2)C2CCCC21)c1ccccc1. The summed E-state index contributed by atoms with van der Waals surface area (Å²) in [6.07, 6.45) is 5.46. The lowest BCUT2D eigenvalue weighted by atomic mass is 9.81. The zero-order valence-electron chi connectivity index (χ0n) is 21.4. The minimum Gasteiger partial charge on any atom is -0.481 e. The van der Waals surface area contributed by atoms with Crippen molar-refractivity contribution in [1.82, 2.24) is 4.90 Å². The van der Waals surface area contributed by atoms with Crippen LogP contribution in [0.1, 0.15) is 88.0 Å². The Morgan fingerprint density at radius 3 is 2.43 bits per heavy atom. The predicted octanol–water partition coefficient (Wildman–Crippen LogP) is 6.25. The second kappa shape index (κ2) is 11.0. The van der Waals surface area contributed by atoms with Crippen molar-refractivity contribution in [1.29, 1.82) is 0 Å². The minimum absolute atomic E-state index is 0.00339. The van der Waals surface area contributed by atoms with E-state index < -0.39 is 5.97 Å². The van der Waals surface area contributed by atoms with E-state index in [0.29, 0.717) is 0 Å². The topological polar surface area (TPSA) is 87.2 Å². The molecule has 2 amide bonds. The van der Waals surface area contributed by atoms with Crippen LogP contribution < -0.4 is 4.90 Å². The van der Waals surface area contributed by atoms with Crippen LogP contribution in [0.25, 0.3) is 0 Å². The third kappa shape index (κ3) is 5.22. The van der Waals surface area contributed by atoms with Crippen molar-refractivity contribution >= 4 is 23.7 Å². The van der Waals surface area contributed by atoms with E-state index in [1.165, 1.54) is 0 Å². The average molecular weight is 505 g/mol. The highest BCUT2D eigenvalue weighted by Gasteiger charge is 2.51. The van der Waals surface area contributed by atoms with Crippen LogP contribution in [0.3, 0.4) is 0 Å². The quantitative estimate of drug-likeness (QED) is 0.436. The minimum atomic E-state index is -0.958. The molecule has 0 aromatic heterocycles. The van der Waals surface area contributed by atoms with E-state index in [1.54, 1.807) is 0 Å². The van der Waals surface area contributed by atoms with Crippen molar-refractivity contribution < 1.29 is 24.2 Å². The van der Waals surface area contributed by atoms with Gasteiger partial charge in [-0.2, -0.15) is 0 Å². The fourth-order valence-corrected chi connectivity index (χ4v) is 6.30. The molecule has 7 nitrogen and oxygen atoms in total. The van der Waals surface area contributed by atoms with Gasteiger partial charge in [-0.05, 0) is 49.3 Å². The molecule has 2 aromatic rings. The highest BCUT2D eigenvalue weighted by atomic mass is 16.6. The van der Waals surface area contributed by atoms with Gasteiger partial charge in [0.05, 0.1) is 18.2 Å². The van der Waals surface area contributed by atoms with Crippen LogP contribution in [0.5, 0.6) is 0 Å². The highest BCUT2D eigenvalue weighted by molar-refractivity contribution is 5.91. The third-order valence-corrected chi connectivity index (χ3v) is 8.03. The molecule has 3 aliphatic rings. The number of carbonyl (C=O) groups excluding carboxylic acids is 2. The molecule has 196 valence electrons. The number of aliphatic carboxylic acids is 1. The predicted molar refractivity (Wildman–Crippen MR) is 140 cm³/mol. The monoisotopic (exact) mass is 504 g/mol. The van der Waals surface area contributed by atoms with Crippen LogP contribution in [-0.4, -0.2) is 40.1 Å². The van der Waals surface area contributed by atoms with E-state index in [2.05, 4.69) is 6.92 Å². The molecule has 2 fully saturated rings. The molecule has 0 bridgehead atoms. The lowest BCUT2D eigenvalue weighted by Crippen LogP contribution is -2.53. The zero-order valence-corrected chi connectivity index (χ0v) is 21.4. The number of nitrogens with zero attached hydrogens (tertiary/aromatic N) is 2. The Morgan fingerprint density at radius 1 is 1.00 bits per heavy atom. The van der Waals surface area contributed by atoms with Gasteiger partial charge < -0.3 is 14.7 Å². The molecular formula is C30H36N2O5. The van der Waals surface area contributed by atoms with Gasteiger partial charge >= 0.3 is 12.1 Å². The fourth-order valence-electron chi connectivity index (χ4n) is 6.30. The summed E-state index contributed by atoms with van der Waals surface area (Å²) in [5, 5.41) is 9.18. The standard InChI is InChI=1S/C30H36N2O5/c1-2-9-26(20-10-4-3-5-11-20)37-30(36)32-24-14-7-6-12-22(24)29(23-13-8-15-25(23)32)31(21-16-17-21)27(33)18-19-28(34)35/h3-7,10-12,14,21,23,25-26,29H,2,8-9,13,15-19H2,1H3,(H,34,35)/t23?,25?,26-,29?/m1/s1. The molecule has 1 N–H and O–H groups in total. The van der Waals surface area contributed by atoms with Crippen LogP contribution in [-0.2, 0) is 14.3 Å². The van der Waals surface area contributed by atoms with E-state index in [4.69, 9.17) is 4.74 Å². The Kier molecular flexibility index (Phi) is 7.49. The molecule has 37 heavy (non-hydrogen) atoms. The third-order valence-electron chi connectivity index (χ3n) is 8.03. The molecule has 4 atom stereocenters. The number of carboxylic acids is 1. The highest BCUT2D eigenvalue weighted by Crippen LogP contribution is 2.53. The van der Waals surface area contributed by atoms with Gasteiger partial charge in [0.1, 0.15) is 6.10 Å². The summed E-state index contributed by atoms with van der Waals surface area (Å²) >= 11 is 0.